The summed E-state index contributed by atoms with van der Waals surface area (Å²) in [6.07, 6.45) is 5.36. The molecule has 0 saturated heterocycles. The lowest BCUT2D eigenvalue weighted by molar-refractivity contribution is 0.0953. The molecule has 0 aliphatic rings. The van der Waals surface area contributed by atoms with Crippen LogP contribution < -0.4 is 5.32 Å². The Hall–Kier alpha value is -1.38. The molecule has 0 atom stereocenters. The third-order valence-electron chi connectivity index (χ3n) is 1.76. The van der Waals surface area contributed by atoms with Gasteiger partial charge in [-0.1, -0.05) is 27.2 Å². The van der Waals surface area contributed by atoms with Crippen LogP contribution in [0.1, 0.15) is 44.0 Å². The molecule has 1 amide bonds. The molecule has 0 aliphatic carbocycles. The van der Waals surface area contributed by atoms with Gasteiger partial charge in [0.15, 0.2) is 0 Å². The molecule has 0 radical (unpaired) electrons. The van der Waals surface area contributed by atoms with Gasteiger partial charge in [0, 0.05) is 24.5 Å². The zero-order valence-electron chi connectivity index (χ0n) is 9.79. The van der Waals surface area contributed by atoms with E-state index in [4.69, 9.17) is 0 Å². The van der Waals surface area contributed by atoms with Crippen LogP contribution in [-0.4, -0.2) is 17.4 Å². The highest BCUT2D eigenvalue weighted by Crippen LogP contribution is 1.95. The highest BCUT2D eigenvalue weighted by Gasteiger charge is 2.01. The van der Waals surface area contributed by atoms with Crippen LogP contribution in [0, 0.1) is 0 Å². The van der Waals surface area contributed by atoms with Crippen molar-refractivity contribution >= 4 is 5.91 Å². The molecule has 1 heterocycles. The van der Waals surface area contributed by atoms with Crippen molar-refractivity contribution in [3.63, 3.8) is 0 Å². The van der Waals surface area contributed by atoms with E-state index in [1.165, 1.54) is 0 Å². The Labute approximate surface area is 91.9 Å². The smallest absolute Gasteiger partial charge is 0.251 e. The molecule has 0 aliphatic heterocycles. The van der Waals surface area contributed by atoms with E-state index < -0.39 is 0 Å². The average molecular weight is 208 g/mol. The number of carbonyl (C=O) groups excluding carboxylic acids is 1. The number of rotatable bonds is 4. The maximum absolute atomic E-state index is 11.4. The van der Waals surface area contributed by atoms with Crippen molar-refractivity contribution < 1.29 is 4.79 Å². The van der Waals surface area contributed by atoms with E-state index in [9.17, 15) is 4.79 Å². The molecule has 1 N–H and O–H groups in total. The first-order valence-electron chi connectivity index (χ1n) is 5.53. The second-order valence-electron chi connectivity index (χ2n) is 2.85. The Kier molecular flexibility index (Phi) is 8.34. The molecule has 0 unspecified atom stereocenters. The van der Waals surface area contributed by atoms with Gasteiger partial charge in [0.2, 0.25) is 0 Å². The zero-order valence-corrected chi connectivity index (χ0v) is 9.79. The number of nitrogens with one attached hydrogen (secondary N) is 1. The molecule has 3 heteroatoms. The minimum absolute atomic E-state index is 0.0177. The maximum atomic E-state index is 11.4. The van der Waals surface area contributed by atoms with Crippen molar-refractivity contribution in [1.82, 2.24) is 10.3 Å². The summed E-state index contributed by atoms with van der Waals surface area (Å²) in [5, 5.41) is 2.83. The fourth-order valence-corrected chi connectivity index (χ4v) is 0.984. The van der Waals surface area contributed by atoms with Crippen LogP contribution in [0.25, 0.3) is 0 Å². The van der Waals surface area contributed by atoms with Crippen molar-refractivity contribution in [3.05, 3.63) is 30.1 Å². The number of carbonyl (C=O) groups is 1. The lowest BCUT2D eigenvalue weighted by Crippen LogP contribution is -2.24. The number of pyridine rings is 1. The highest BCUT2D eigenvalue weighted by molar-refractivity contribution is 5.93. The van der Waals surface area contributed by atoms with E-state index in [1.807, 2.05) is 13.8 Å². The van der Waals surface area contributed by atoms with Crippen LogP contribution in [0.2, 0.25) is 0 Å². The van der Waals surface area contributed by atoms with Gasteiger partial charge in [0.05, 0.1) is 0 Å². The van der Waals surface area contributed by atoms with Crippen molar-refractivity contribution in [3.8, 4) is 0 Å². The molecule has 1 aromatic rings. The summed E-state index contributed by atoms with van der Waals surface area (Å²) in [6, 6.07) is 3.42. The van der Waals surface area contributed by atoms with E-state index in [0.29, 0.717) is 5.56 Å². The van der Waals surface area contributed by atoms with Gasteiger partial charge in [0.25, 0.3) is 5.91 Å². The zero-order chi connectivity index (χ0) is 11.5. The molecular weight excluding hydrogens is 188 g/mol. The normalized spacial score (nSPS) is 8.73. The number of aromatic nitrogens is 1. The number of unbranched alkanes of at least 4 members (excludes halogenated alkanes) is 1. The van der Waals surface area contributed by atoms with Crippen molar-refractivity contribution in [2.24, 2.45) is 0 Å². The van der Waals surface area contributed by atoms with Gasteiger partial charge in [-0.25, -0.2) is 0 Å². The average Bonchev–Trinajstić information content (AvgIpc) is 2.33. The van der Waals surface area contributed by atoms with Crippen LogP contribution in [-0.2, 0) is 0 Å². The van der Waals surface area contributed by atoms with E-state index in [1.54, 1.807) is 24.5 Å². The first-order chi connectivity index (χ1) is 7.34. The third-order valence-corrected chi connectivity index (χ3v) is 1.76. The number of hydrogen-bond donors (Lipinski definition) is 1. The van der Waals surface area contributed by atoms with Crippen LogP contribution in [0.15, 0.2) is 24.5 Å². The fourth-order valence-electron chi connectivity index (χ4n) is 0.984. The number of nitrogens with zero attached hydrogens (tertiary/aromatic N) is 1. The molecule has 0 fully saturated rings. The molecular formula is C12H20N2O. The SMILES string of the molecule is CC.CCCCNC(=O)c1ccncc1. The summed E-state index contributed by atoms with van der Waals surface area (Å²) >= 11 is 0. The summed E-state index contributed by atoms with van der Waals surface area (Å²) in [5.74, 6) is -0.0177. The van der Waals surface area contributed by atoms with E-state index in [2.05, 4.69) is 17.2 Å². The van der Waals surface area contributed by atoms with Crippen molar-refractivity contribution in [2.75, 3.05) is 6.54 Å². The molecule has 1 rings (SSSR count). The van der Waals surface area contributed by atoms with Gasteiger partial charge in [0.1, 0.15) is 0 Å². The molecule has 0 spiro atoms. The van der Waals surface area contributed by atoms with E-state index in [-0.39, 0.29) is 5.91 Å². The molecule has 1 aromatic heterocycles. The van der Waals surface area contributed by atoms with Crippen molar-refractivity contribution in [2.45, 2.75) is 33.6 Å². The van der Waals surface area contributed by atoms with Crippen molar-refractivity contribution in [1.29, 1.82) is 0 Å². The molecule has 0 bridgehead atoms. The Bertz CT molecular complexity index is 260. The molecule has 0 aromatic carbocycles. The standard InChI is InChI=1S/C10H14N2O.C2H6/c1-2-3-6-12-10(13)9-4-7-11-8-5-9;1-2/h4-5,7-8H,2-3,6H2,1H3,(H,12,13);1-2H3. The largest absolute Gasteiger partial charge is 0.352 e. The highest BCUT2D eigenvalue weighted by atomic mass is 16.1. The monoisotopic (exact) mass is 208 g/mol. The first kappa shape index (κ1) is 13.6. The summed E-state index contributed by atoms with van der Waals surface area (Å²) in [6.45, 7) is 6.84. The summed E-state index contributed by atoms with van der Waals surface area (Å²) in [5.41, 5.74) is 0.672. The Morgan fingerprint density at radius 1 is 1.33 bits per heavy atom. The molecule has 84 valence electrons. The summed E-state index contributed by atoms with van der Waals surface area (Å²) in [7, 11) is 0. The lowest BCUT2D eigenvalue weighted by Gasteiger charge is -2.02. The van der Waals surface area contributed by atoms with Crippen LogP contribution >= 0.6 is 0 Å². The van der Waals surface area contributed by atoms with E-state index >= 15 is 0 Å². The molecule has 3 nitrogen and oxygen atoms in total. The van der Waals surface area contributed by atoms with Gasteiger partial charge in [-0.05, 0) is 18.6 Å². The van der Waals surface area contributed by atoms with Crippen LogP contribution in [0.3, 0.4) is 0 Å². The molecule has 0 saturated carbocycles. The first-order valence-corrected chi connectivity index (χ1v) is 5.53. The van der Waals surface area contributed by atoms with E-state index in [0.717, 1.165) is 19.4 Å². The number of hydrogen-bond acceptors (Lipinski definition) is 2. The maximum Gasteiger partial charge on any atom is 0.251 e. The minimum atomic E-state index is -0.0177. The summed E-state index contributed by atoms with van der Waals surface area (Å²) in [4.78, 5) is 15.2. The second kappa shape index (κ2) is 9.19. The van der Waals surface area contributed by atoms with Gasteiger partial charge < -0.3 is 5.32 Å². The minimum Gasteiger partial charge on any atom is -0.352 e. The quantitative estimate of drug-likeness (QED) is 0.773. The predicted molar refractivity (Wildman–Crippen MR) is 62.8 cm³/mol. The third kappa shape index (κ3) is 5.83. The van der Waals surface area contributed by atoms with Gasteiger partial charge in [-0.2, -0.15) is 0 Å². The Morgan fingerprint density at radius 3 is 2.47 bits per heavy atom. The predicted octanol–water partition coefficient (Wildman–Crippen LogP) is 2.64. The Balaban J connectivity index is 0.000000921. The lowest BCUT2D eigenvalue weighted by atomic mass is 10.2. The van der Waals surface area contributed by atoms with Gasteiger partial charge in [-0.3, -0.25) is 9.78 Å². The molecule has 15 heavy (non-hydrogen) atoms. The van der Waals surface area contributed by atoms with Gasteiger partial charge in [-0.15, -0.1) is 0 Å². The second-order valence-corrected chi connectivity index (χ2v) is 2.85. The fraction of sp³-hybridized carbons (Fsp3) is 0.500. The topological polar surface area (TPSA) is 42.0 Å². The van der Waals surface area contributed by atoms with Crippen LogP contribution in [0.4, 0.5) is 0 Å². The number of amides is 1. The van der Waals surface area contributed by atoms with Crippen LogP contribution in [0.5, 0.6) is 0 Å². The Morgan fingerprint density at radius 2 is 1.93 bits per heavy atom. The van der Waals surface area contributed by atoms with Gasteiger partial charge >= 0.3 is 0 Å². The summed E-state index contributed by atoms with van der Waals surface area (Å²) < 4.78 is 0.